The van der Waals surface area contributed by atoms with Gasteiger partial charge in [0, 0.05) is 13.1 Å². The number of esters is 1. The molecule has 2 aromatic rings. The van der Waals surface area contributed by atoms with Crippen LogP contribution in [0, 0.1) is 0 Å². The molecular formula is C24H20BrClN2O6S. The molecule has 2 fully saturated rings. The molecule has 0 N–H and O–H groups in total. The molecule has 0 unspecified atom stereocenters. The van der Waals surface area contributed by atoms with Gasteiger partial charge in [0.25, 0.3) is 11.1 Å². The molecule has 0 saturated carbocycles. The number of benzene rings is 2. The summed E-state index contributed by atoms with van der Waals surface area (Å²) in [7, 11) is 1.41. The van der Waals surface area contributed by atoms with Crippen LogP contribution in [0.25, 0.3) is 6.08 Å². The number of carbonyl (C=O) groups excluding carboxylic acids is 4. The van der Waals surface area contributed by atoms with E-state index < -0.39 is 17.1 Å². The minimum absolute atomic E-state index is 0.138. The maximum Gasteiger partial charge on any atom is 0.345 e. The van der Waals surface area contributed by atoms with Crippen LogP contribution in [-0.2, 0) is 9.59 Å². The predicted molar refractivity (Wildman–Crippen MR) is 136 cm³/mol. The highest BCUT2D eigenvalue weighted by Crippen LogP contribution is 2.39. The lowest BCUT2D eigenvalue weighted by molar-refractivity contribution is -0.135. The Labute approximate surface area is 219 Å². The first-order valence-electron chi connectivity index (χ1n) is 10.7. The Hall–Kier alpha value is -2.82. The van der Waals surface area contributed by atoms with Crippen molar-refractivity contribution >= 4 is 68.4 Å². The Bertz CT molecular complexity index is 1240. The van der Waals surface area contributed by atoms with Crippen LogP contribution in [0.4, 0.5) is 4.79 Å². The number of likely N-dealkylation sites (tertiary alicyclic amines) is 1. The number of hydrogen-bond acceptors (Lipinski definition) is 7. The van der Waals surface area contributed by atoms with E-state index in [4.69, 9.17) is 21.1 Å². The Morgan fingerprint density at radius 2 is 1.89 bits per heavy atom. The normalized spacial score (nSPS) is 16.8. The smallest absolute Gasteiger partial charge is 0.345 e. The number of amides is 3. The number of thioether (sulfide) groups is 1. The average Bonchev–Trinajstić information content (AvgIpc) is 3.46. The summed E-state index contributed by atoms with van der Waals surface area (Å²) in [5.74, 6) is -1.06. The number of ether oxygens (including phenoxy) is 2. The summed E-state index contributed by atoms with van der Waals surface area (Å²) in [5.41, 5.74) is 0.729. The molecule has 0 aromatic heterocycles. The van der Waals surface area contributed by atoms with E-state index in [0.29, 0.717) is 23.1 Å². The molecule has 2 aliphatic heterocycles. The number of halogens is 2. The second kappa shape index (κ2) is 10.8. The third-order valence-corrected chi connectivity index (χ3v) is 7.29. The topological polar surface area (TPSA) is 93.2 Å². The molecule has 0 radical (unpaired) electrons. The van der Waals surface area contributed by atoms with Crippen molar-refractivity contribution in [3.8, 4) is 11.5 Å². The van der Waals surface area contributed by atoms with E-state index in [1.807, 2.05) is 0 Å². The monoisotopic (exact) mass is 578 g/mol. The first kappa shape index (κ1) is 25.3. The highest BCUT2D eigenvalue weighted by Gasteiger charge is 2.37. The molecule has 11 heteroatoms. The first-order valence-corrected chi connectivity index (χ1v) is 12.6. The number of carbonyl (C=O) groups is 4. The molecular weight excluding hydrogens is 560 g/mol. The number of nitrogens with zero attached hydrogens (tertiary/aromatic N) is 2. The van der Waals surface area contributed by atoms with Crippen molar-refractivity contribution in [1.29, 1.82) is 0 Å². The van der Waals surface area contributed by atoms with Gasteiger partial charge in [-0.2, -0.15) is 0 Å². The second-order valence-electron chi connectivity index (χ2n) is 7.76. The minimum Gasteiger partial charge on any atom is -0.493 e. The van der Waals surface area contributed by atoms with Gasteiger partial charge in [-0.3, -0.25) is 19.3 Å². The molecule has 2 heterocycles. The SMILES string of the molecule is COc1cc(/C=C2\SC(=O)N(CC(=O)N3CCCC3)C2=O)cc(Br)c1OC(=O)c1ccccc1Cl. The fourth-order valence-corrected chi connectivity index (χ4v) is 5.28. The summed E-state index contributed by atoms with van der Waals surface area (Å²) in [6.07, 6.45) is 3.38. The van der Waals surface area contributed by atoms with Crippen LogP contribution in [0.5, 0.6) is 11.5 Å². The fraction of sp³-hybridized carbons (Fsp3) is 0.250. The molecule has 182 valence electrons. The van der Waals surface area contributed by atoms with Gasteiger partial charge in [-0.25, -0.2) is 4.79 Å². The standard InChI is InChI=1S/C24H20BrClN2O6S/c1-33-18-11-14(10-16(25)21(18)34-23(31)15-6-2-3-7-17(15)26)12-19-22(30)28(24(32)35-19)13-20(29)27-8-4-5-9-27/h2-3,6-7,10-12H,4-5,8-9,13H2,1H3/b19-12-. The van der Waals surface area contributed by atoms with Crippen LogP contribution in [0.15, 0.2) is 45.8 Å². The van der Waals surface area contributed by atoms with Crippen LogP contribution in [-0.4, -0.2) is 59.6 Å². The van der Waals surface area contributed by atoms with E-state index in [1.165, 1.54) is 13.2 Å². The summed E-state index contributed by atoms with van der Waals surface area (Å²) >= 11 is 10.2. The average molecular weight is 580 g/mol. The zero-order valence-electron chi connectivity index (χ0n) is 18.6. The molecule has 35 heavy (non-hydrogen) atoms. The van der Waals surface area contributed by atoms with Crippen LogP contribution >= 0.6 is 39.3 Å². The van der Waals surface area contributed by atoms with Gasteiger partial charge in [0.1, 0.15) is 6.54 Å². The lowest BCUT2D eigenvalue weighted by Crippen LogP contribution is -2.40. The van der Waals surface area contributed by atoms with Gasteiger partial charge in [-0.15, -0.1) is 0 Å². The van der Waals surface area contributed by atoms with Gasteiger partial charge >= 0.3 is 5.97 Å². The molecule has 2 saturated heterocycles. The van der Waals surface area contributed by atoms with Crippen LogP contribution in [0.2, 0.25) is 5.02 Å². The van der Waals surface area contributed by atoms with Crippen LogP contribution in [0.3, 0.4) is 0 Å². The predicted octanol–water partition coefficient (Wildman–Crippen LogP) is 4.99. The third kappa shape index (κ3) is 5.55. The number of hydrogen-bond donors (Lipinski definition) is 0. The van der Waals surface area contributed by atoms with Gasteiger partial charge in [0.2, 0.25) is 5.91 Å². The fourth-order valence-electron chi connectivity index (χ4n) is 3.69. The van der Waals surface area contributed by atoms with E-state index in [1.54, 1.807) is 41.3 Å². The maximum absolute atomic E-state index is 12.8. The van der Waals surface area contributed by atoms with E-state index in [-0.39, 0.29) is 39.4 Å². The molecule has 2 aromatic carbocycles. The van der Waals surface area contributed by atoms with Crippen molar-refractivity contribution in [3.63, 3.8) is 0 Å². The molecule has 8 nitrogen and oxygen atoms in total. The quantitative estimate of drug-likeness (QED) is 0.270. The highest BCUT2D eigenvalue weighted by atomic mass is 79.9. The Kier molecular flexibility index (Phi) is 7.83. The van der Waals surface area contributed by atoms with Crippen molar-refractivity contribution in [1.82, 2.24) is 9.80 Å². The Balaban J connectivity index is 1.54. The van der Waals surface area contributed by atoms with Gasteiger partial charge in [-0.1, -0.05) is 23.7 Å². The van der Waals surface area contributed by atoms with E-state index in [2.05, 4.69) is 15.9 Å². The summed E-state index contributed by atoms with van der Waals surface area (Å²) in [4.78, 5) is 53.1. The van der Waals surface area contributed by atoms with Crippen molar-refractivity contribution in [2.75, 3.05) is 26.7 Å². The zero-order chi connectivity index (χ0) is 25.1. The van der Waals surface area contributed by atoms with Crippen molar-refractivity contribution in [2.24, 2.45) is 0 Å². The van der Waals surface area contributed by atoms with Crippen LogP contribution in [0.1, 0.15) is 28.8 Å². The van der Waals surface area contributed by atoms with Crippen LogP contribution < -0.4 is 9.47 Å². The van der Waals surface area contributed by atoms with E-state index in [9.17, 15) is 19.2 Å². The maximum atomic E-state index is 12.8. The molecule has 0 bridgehead atoms. The summed E-state index contributed by atoms with van der Waals surface area (Å²) in [6.45, 7) is 1.02. The number of rotatable bonds is 6. The second-order valence-corrected chi connectivity index (χ2v) is 10.0. The summed E-state index contributed by atoms with van der Waals surface area (Å²) in [6, 6.07) is 9.70. The van der Waals surface area contributed by atoms with Crippen molar-refractivity contribution in [2.45, 2.75) is 12.8 Å². The van der Waals surface area contributed by atoms with Crippen molar-refractivity contribution < 1.29 is 28.7 Å². The molecule has 4 rings (SSSR count). The summed E-state index contributed by atoms with van der Waals surface area (Å²) < 4.78 is 11.3. The number of imide groups is 1. The molecule has 3 amide bonds. The van der Waals surface area contributed by atoms with Gasteiger partial charge in [-0.05, 0) is 76.4 Å². The Morgan fingerprint density at radius 3 is 2.57 bits per heavy atom. The molecule has 0 aliphatic carbocycles. The highest BCUT2D eigenvalue weighted by molar-refractivity contribution is 9.10. The molecule has 2 aliphatic rings. The number of methoxy groups -OCH3 is 1. The lowest BCUT2D eigenvalue weighted by Gasteiger charge is -2.18. The zero-order valence-corrected chi connectivity index (χ0v) is 21.7. The Morgan fingerprint density at radius 1 is 1.17 bits per heavy atom. The molecule has 0 atom stereocenters. The van der Waals surface area contributed by atoms with Crippen molar-refractivity contribution in [3.05, 3.63) is 61.9 Å². The lowest BCUT2D eigenvalue weighted by atomic mass is 10.1. The molecule has 0 spiro atoms. The van der Waals surface area contributed by atoms with Gasteiger partial charge in [0.05, 0.1) is 27.1 Å². The summed E-state index contributed by atoms with van der Waals surface area (Å²) in [5, 5.41) is -0.242. The van der Waals surface area contributed by atoms with E-state index in [0.717, 1.165) is 29.5 Å². The van der Waals surface area contributed by atoms with E-state index >= 15 is 0 Å². The van der Waals surface area contributed by atoms with Gasteiger partial charge in [0.15, 0.2) is 11.5 Å². The largest absolute Gasteiger partial charge is 0.493 e. The third-order valence-electron chi connectivity index (χ3n) is 5.46. The minimum atomic E-state index is -0.661. The van der Waals surface area contributed by atoms with Gasteiger partial charge < -0.3 is 14.4 Å². The first-order chi connectivity index (χ1) is 16.8.